The van der Waals surface area contributed by atoms with Gasteiger partial charge in [-0.15, -0.1) is 0 Å². The van der Waals surface area contributed by atoms with E-state index in [4.69, 9.17) is 12.2 Å². The van der Waals surface area contributed by atoms with Gasteiger partial charge in [0.1, 0.15) is 9.54 Å². The molecule has 6 heteroatoms. The van der Waals surface area contributed by atoms with Gasteiger partial charge in [0.2, 0.25) is 0 Å². The molecule has 0 saturated heterocycles. The normalized spacial score (nSPS) is 11.1. The summed E-state index contributed by atoms with van der Waals surface area (Å²) in [6.07, 6.45) is 1.37. The number of aromatic nitrogens is 1. The largest absolute Gasteiger partial charge is 0.352 e. The van der Waals surface area contributed by atoms with Crippen molar-refractivity contribution in [3.8, 4) is 0 Å². The Balaban J connectivity index is 2.32. The average Bonchev–Trinajstić information content (AvgIpc) is 2.30. The second-order valence-corrected chi connectivity index (χ2v) is 5.48. The molecule has 0 saturated carbocycles. The zero-order valence-electron chi connectivity index (χ0n) is 8.75. The van der Waals surface area contributed by atoms with Gasteiger partial charge in [-0.2, -0.15) is 0 Å². The molecule has 17 heavy (non-hydrogen) atoms. The lowest BCUT2D eigenvalue weighted by Gasteiger charge is -2.07. The molecule has 0 aliphatic heterocycles. The van der Waals surface area contributed by atoms with Gasteiger partial charge >= 0.3 is 0 Å². The molecule has 1 aromatic carbocycles. The standard InChI is InChI=1S/C11H10N2O2S2/c14-17(15,10-6-7-11(16)12-8-10)13-9-4-2-1-3-5-9/h1-8,13H,(H,12,16). The molecule has 2 aromatic rings. The van der Waals surface area contributed by atoms with Gasteiger partial charge in [-0.1, -0.05) is 30.4 Å². The molecule has 4 nitrogen and oxygen atoms in total. The topological polar surface area (TPSA) is 62.0 Å². The molecular formula is C11H10N2O2S2. The summed E-state index contributed by atoms with van der Waals surface area (Å²) in [7, 11) is -3.56. The van der Waals surface area contributed by atoms with Crippen LogP contribution in [0.5, 0.6) is 0 Å². The van der Waals surface area contributed by atoms with E-state index in [1.807, 2.05) is 6.07 Å². The summed E-state index contributed by atoms with van der Waals surface area (Å²) in [4.78, 5) is 2.84. The van der Waals surface area contributed by atoms with Gasteiger partial charge in [0, 0.05) is 11.9 Å². The number of H-pyrrole nitrogens is 1. The third-order valence-electron chi connectivity index (χ3n) is 2.09. The van der Waals surface area contributed by atoms with E-state index in [0.717, 1.165) is 0 Å². The van der Waals surface area contributed by atoms with E-state index in [0.29, 0.717) is 10.3 Å². The van der Waals surface area contributed by atoms with E-state index in [2.05, 4.69) is 9.71 Å². The number of hydrogen-bond donors (Lipinski definition) is 2. The lowest BCUT2D eigenvalue weighted by molar-refractivity contribution is 0.601. The maximum absolute atomic E-state index is 11.9. The predicted octanol–water partition coefficient (Wildman–Crippen LogP) is 2.54. The van der Waals surface area contributed by atoms with Crippen LogP contribution < -0.4 is 4.72 Å². The fourth-order valence-corrected chi connectivity index (χ4v) is 2.44. The SMILES string of the molecule is O=S(=O)(Nc1ccccc1)c1ccc(=S)[nH]c1. The van der Waals surface area contributed by atoms with Crippen LogP contribution in [0.2, 0.25) is 0 Å². The Morgan fingerprint density at radius 3 is 2.35 bits per heavy atom. The third-order valence-corrected chi connectivity index (χ3v) is 3.72. The van der Waals surface area contributed by atoms with Crippen molar-refractivity contribution in [3.63, 3.8) is 0 Å². The van der Waals surface area contributed by atoms with Crippen molar-refractivity contribution >= 4 is 27.9 Å². The number of para-hydroxylation sites is 1. The fraction of sp³-hybridized carbons (Fsp3) is 0. The number of sulfonamides is 1. The maximum Gasteiger partial charge on any atom is 0.263 e. The van der Waals surface area contributed by atoms with E-state index >= 15 is 0 Å². The minimum atomic E-state index is -3.56. The van der Waals surface area contributed by atoms with Gasteiger partial charge in [0.25, 0.3) is 10.0 Å². The second kappa shape index (κ2) is 4.68. The Morgan fingerprint density at radius 2 is 1.76 bits per heavy atom. The number of pyridine rings is 1. The highest BCUT2D eigenvalue weighted by molar-refractivity contribution is 7.92. The third kappa shape index (κ3) is 2.92. The summed E-state index contributed by atoms with van der Waals surface area (Å²) >= 11 is 4.85. The minimum absolute atomic E-state index is 0.148. The zero-order valence-corrected chi connectivity index (χ0v) is 10.4. The molecule has 0 fully saturated rings. The van der Waals surface area contributed by atoms with Crippen LogP contribution in [0.1, 0.15) is 0 Å². The average molecular weight is 266 g/mol. The summed E-state index contributed by atoms with van der Waals surface area (Å²) in [6, 6.07) is 11.7. The molecule has 2 N–H and O–H groups in total. The van der Waals surface area contributed by atoms with Crippen LogP contribution in [0.3, 0.4) is 0 Å². The summed E-state index contributed by atoms with van der Waals surface area (Å²) in [5.41, 5.74) is 0.523. The molecule has 0 aliphatic rings. The highest BCUT2D eigenvalue weighted by atomic mass is 32.2. The number of rotatable bonds is 3. The van der Waals surface area contributed by atoms with Crippen LogP contribution >= 0.6 is 12.2 Å². The van der Waals surface area contributed by atoms with Crippen molar-refractivity contribution in [1.29, 1.82) is 0 Å². The lowest BCUT2D eigenvalue weighted by atomic mass is 10.3. The number of aromatic amines is 1. The van der Waals surface area contributed by atoms with Gasteiger partial charge in [-0.25, -0.2) is 8.42 Å². The Labute approximate surface area is 104 Å². The minimum Gasteiger partial charge on any atom is -0.352 e. The Bertz CT molecular complexity index is 643. The molecule has 1 heterocycles. The molecule has 0 radical (unpaired) electrons. The van der Waals surface area contributed by atoms with Gasteiger partial charge in [-0.05, 0) is 24.3 Å². The first-order valence-corrected chi connectivity index (χ1v) is 6.74. The highest BCUT2D eigenvalue weighted by Gasteiger charge is 2.13. The Morgan fingerprint density at radius 1 is 1.06 bits per heavy atom. The van der Waals surface area contributed by atoms with Crippen LogP contribution in [0.15, 0.2) is 53.6 Å². The van der Waals surface area contributed by atoms with Crippen LogP contribution in [0.4, 0.5) is 5.69 Å². The van der Waals surface area contributed by atoms with Gasteiger partial charge < -0.3 is 4.98 Å². The number of benzene rings is 1. The molecule has 0 unspecified atom stereocenters. The van der Waals surface area contributed by atoms with Gasteiger partial charge in [-0.3, -0.25) is 4.72 Å². The Kier molecular flexibility index (Phi) is 3.26. The quantitative estimate of drug-likeness (QED) is 0.839. The lowest BCUT2D eigenvalue weighted by Crippen LogP contribution is -2.12. The van der Waals surface area contributed by atoms with Crippen LogP contribution in [-0.2, 0) is 10.0 Å². The van der Waals surface area contributed by atoms with Gasteiger partial charge in [0.05, 0.1) is 0 Å². The zero-order chi connectivity index (χ0) is 12.3. The molecule has 0 amide bonds. The van der Waals surface area contributed by atoms with Crippen LogP contribution in [0.25, 0.3) is 0 Å². The van der Waals surface area contributed by atoms with Crippen molar-refractivity contribution in [2.75, 3.05) is 4.72 Å². The maximum atomic E-state index is 11.9. The molecule has 0 bridgehead atoms. The molecule has 0 aliphatic carbocycles. The Hall–Kier alpha value is -1.66. The summed E-state index contributed by atoms with van der Waals surface area (Å²) in [5.74, 6) is 0. The van der Waals surface area contributed by atoms with Crippen molar-refractivity contribution in [1.82, 2.24) is 4.98 Å². The van der Waals surface area contributed by atoms with E-state index in [1.54, 1.807) is 24.3 Å². The number of hydrogen-bond acceptors (Lipinski definition) is 3. The molecule has 88 valence electrons. The van der Waals surface area contributed by atoms with E-state index in [-0.39, 0.29) is 4.90 Å². The van der Waals surface area contributed by atoms with E-state index in [9.17, 15) is 8.42 Å². The van der Waals surface area contributed by atoms with Crippen LogP contribution in [-0.4, -0.2) is 13.4 Å². The fourth-order valence-electron chi connectivity index (χ4n) is 1.28. The first kappa shape index (κ1) is 11.8. The van der Waals surface area contributed by atoms with Crippen LogP contribution in [0, 0.1) is 4.64 Å². The molecule has 0 atom stereocenters. The van der Waals surface area contributed by atoms with Gasteiger partial charge in [0.15, 0.2) is 0 Å². The number of nitrogens with one attached hydrogen (secondary N) is 2. The van der Waals surface area contributed by atoms with E-state index < -0.39 is 10.0 Å². The van der Waals surface area contributed by atoms with Crippen molar-refractivity contribution in [3.05, 3.63) is 53.3 Å². The summed E-state index contributed by atoms with van der Waals surface area (Å²) < 4.78 is 26.9. The summed E-state index contributed by atoms with van der Waals surface area (Å²) in [6.45, 7) is 0. The number of anilines is 1. The van der Waals surface area contributed by atoms with Crippen molar-refractivity contribution in [2.24, 2.45) is 0 Å². The first-order chi connectivity index (χ1) is 8.08. The predicted molar refractivity (Wildman–Crippen MR) is 68.9 cm³/mol. The molecule has 1 aromatic heterocycles. The first-order valence-electron chi connectivity index (χ1n) is 4.84. The van der Waals surface area contributed by atoms with Crippen molar-refractivity contribution in [2.45, 2.75) is 4.90 Å². The van der Waals surface area contributed by atoms with E-state index in [1.165, 1.54) is 18.3 Å². The highest BCUT2D eigenvalue weighted by Crippen LogP contribution is 2.14. The molecule has 0 spiro atoms. The molecular weight excluding hydrogens is 256 g/mol. The monoisotopic (exact) mass is 266 g/mol. The summed E-state index contributed by atoms with van der Waals surface area (Å²) in [5, 5.41) is 0. The smallest absolute Gasteiger partial charge is 0.263 e. The molecule has 2 rings (SSSR count). The van der Waals surface area contributed by atoms with Crippen molar-refractivity contribution < 1.29 is 8.42 Å². The second-order valence-electron chi connectivity index (χ2n) is 3.36.